The highest BCUT2D eigenvalue weighted by atomic mass is 19.1. The summed E-state index contributed by atoms with van der Waals surface area (Å²) < 4.78 is 18.1. The summed E-state index contributed by atoms with van der Waals surface area (Å²) in [7, 11) is 1.46. The second-order valence-electron chi connectivity index (χ2n) is 4.96. The minimum absolute atomic E-state index is 0.0544. The van der Waals surface area contributed by atoms with Crippen LogP contribution in [-0.2, 0) is 0 Å². The first-order valence-electron chi connectivity index (χ1n) is 6.57. The smallest absolute Gasteiger partial charge is 0.166 e. The molecule has 98 valence electrons. The van der Waals surface area contributed by atoms with Crippen molar-refractivity contribution >= 4 is 5.78 Å². The number of methoxy groups -OCH3 is 1. The molecular formula is C15H19FO2. The molecule has 0 amide bonds. The third-order valence-electron chi connectivity index (χ3n) is 3.72. The molecule has 0 aromatic heterocycles. The van der Waals surface area contributed by atoms with Crippen molar-refractivity contribution in [3.63, 3.8) is 0 Å². The van der Waals surface area contributed by atoms with Crippen LogP contribution in [0.15, 0.2) is 18.2 Å². The topological polar surface area (TPSA) is 26.3 Å². The second-order valence-corrected chi connectivity index (χ2v) is 4.96. The third kappa shape index (κ3) is 3.09. The Morgan fingerprint density at radius 1 is 1.39 bits per heavy atom. The van der Waals surface area contributed by atoms with Gasteiger partial charge in [0.05, 0.1) is 12.7 Å². The molecule has 3 heteroatoms. The minimum Gasteiger partial charge on any atom is -0.496 e. The minimum atomic E-state index is -0.376. The zero-order valence-electron chi connectivity index (χ0n) is 10.7. The van der Waals surface area contributed by atoms with Crippen LogP contribution in [0.3, 0.4) is 0 Å². The molecule has 0 radical (unpaired) electrons. The van der Waals surface area contributed by atoms with E-state index < -0.39 is 0 Å². The quantitative estimate of drug-likeness (QED) is 0.739. The fourth-order valence-corrected chi connectivity index (χ4v) is 2.66. The van der Waals surface area contributed by atoms with Crippen LogP contribution in [-0.4, -0.2) is 12.9 Å². The summed E-state index contributed by atoms with van der Waals surface area (Å²) in [6.45, 7) is 0. The molecule has 2 nitrogen and oxygen atoms in total. The van der Waals surface area contributed by atoms with Crippen LogP contribution in [0, 0.1) is 11.7 Å². The molecule has 1 aromatic carbocycles. The maximum Gasteiger partial charge on any atom is 0.166 e. The highest BCUT2D eigenvalue weighted by molar-refractivity contribution is 5.98. The molecule has 1 aliphatic rings. The van der Waals surface area contributed by atoms with Gasteiger partial charge < -0.3 is 4.74 Å². The summed E-state index contributed by atoms with van der Waals surface area (Å²) in [6, 6.07) is 4.10. The number of hydrogen-bond acceptors (Lipinski definition) is 2. The van der Waals surface area contributed by atoms with Gasteiger partial charge >= 0.3 is 0 Å². The monoisotopic (exact) mass is 250 g/mol. The van der Waals surface area contributed by atoms with E-state index in [4.69, 9.17) is 4.74 Å². The van der Waals surface area contributed by atoms with E-state index in [9.17, 15) is 9.18 Å². The first kappa shape index (κ1) is 13.1. The van der Waals surface area contributed by atoms with Crippen LogP contribution >= 0.6 is 0 Å². The lowest BCUT2D eigenvalue weighted by Crippen LogP contribution is -2.05. The van der Waals surface area contributed by atoms with E-state index in [0.29, 0.717) is 23.7 Å². The molecule has 1 fully saturated rings. The van der Waals surface area contributed by atoms with Gasteiger partial charge in [0.15, 0.2) is 5.78 Å². The summed E-state index contributed by atoms with van der Waals surface area (Å²) in [5, 5.41) is 0. The van der Waals surface area contributed by atoms with E-state index >= 15 is 0 Å². The van der Waals surface area contributed by atoms with Crippen LogP contribution in [0.2, 0.25) is 0 Å². The fraction of sp³-hybridized carbons (Fsp3) is 0.533. The molecule has 0 aliphatic heterocycles. The van der Waals surface area contributed by atoms with E-state index in [0.717, 1.165) is 6.42 Å². The lowest BCUT2D eigenvalue weighted by Gasteiger charge is -2.10. The molecule has 0 atom stereocenters. The van der Waals surface area contributed by atoms with Gasteiger partial charge in [-0.3, -0.25) is 4.79 Å². The molecule has 1 aromatic rings. The summed E-state index contributed by atoms with van der Waals surface area (Å²) >= 11 is 0. The van der Waals surface area contributed by atoms with Crippen molar-refractivity contribution in [3.8, 4) is 5.75 Å². The second kappa shape index (κ2) is 5.98. The van der Waals surface area contributed by atoms with Gasteiger partial charge in [0.1, 0.15) is 11.6 Å². The number of Topliss-reactive ketones (excluding diaryl/α,β-unsaturated/α-hetero) is 1. The average molecular weight is 250 g/mol. The van der Waals surface area contributed by atoms with E-state index in [2.05, 4.69) is 0 Å². The van der Waals surface area contributed by atoms with Crippen molar-refractivity contribution in [2.75, 3.05) is 7.11 Å². The Balaban J connectivity index is 1.99. The van der Waals surface area contributed by atoms with E-state index in [1.807, 2.05) is 0 Å². The lowest BCUT2D eigenvalue weighted by atomic mass is 9.97. The lowest BCUT2D eigenvalue weighted by molar-refractivity contribution is 0.0971. The highest BCUT2D eigenvalue weighted by Crippen LogP contribution is 2.30. The van der Waals surface area contributed by atoms with Crippen molar-refractivity contribution < 1.29 is 13.9 Å². The van der Waals surface area contributed by atoms with Crippen LogP contribution in [0.5, 0.6) is 5.75 Å². The molecule has 1 saturated carbocycles. The standard InChI is InChI=1S/C15H19FO2/c1-18-15-10-12(16)7-8-13(15)14(17)9-6-11-4-2-3-5-11/h7-8,10-11H,2-6,9H2,1H3. The third-order valence-corrected chi connectivity index (χ3v) is 3.72. The fourth-order valence-electron chi connectivity index (χ4n) is 2.66. The van der Waals surface area contributed by atoms with Gasteiger partial charge in [0, 0.05) is 12.5 Å². The van der Waals surface area contributed by atoms with Gasteiger partial charge in [-0.15, -0.1) is 0 Å². The first-order chi connectivity index (χ1) is 8.70. The Bertz CT molecular complexity index is 423. The Morgan fingerprint density at radius 2 is 2.11 bits per heavy atom. The number of benzene rings is 1. The number of rotatable bonds is 5. The molecule has 0 spiro atoms. The molecule has 0 N–H and O–H groups in total. The largest absolute Gasteiger partial charge is 0.496 e. The van der Waals surface area contributed by atoms with E-state index in [1.54, 1.807) is 0 Å². The summed E-state index contributed by atoms with van der Waals surface area (Å²) in [5.74, 6) is 0.713. The molecule has 0 unspecified atom stereocenters. The Kier molecular flexibility index (Phi) is 4.34. The van der Waals surface area contributed by atoms with Gasteiger partial charge in [-0.1, -0.05) is 25.7 Å². The van der Waals surface area contributed by atoms with Crippen molar-refractivity contribution in [2.45, 2.75) is 38.5 Å². The SMILES string of the molecule is COc1cc(F)ccc1C(=O)CCC1CCCC1. The van der Waals surface area contributed by atoms with Crippen LogP contribution in [0.4, 0.5) is 4.39 Å². The normalized spacial score (nSPS) is 15.9. The van der Waals surface area contributed by atoms with E-state index in [1.165, 1.54) is 51.0 Å². The summed E-state index contributed by atoms with van der Waals surface area (Å²) in [4.78, 5) is 12.1. The number of carbonyl (C=O) groups excluding carboxylic acids is 1. The van der Waals surface area contributed by atoms with Crippen molar-refractivity contribution in [2.24, 2.45) is 5.92 Å². The van der Waals surface area contributed by atoms with Gasteiger partial charge in [-0.05, 0) is 24.5 Å². The zero-order chi connectivity index (χ0) is 13.0. The number of carbonyl (C=O) groups is 1. The molecule has 1 aliphatic carbocycles. The zero-order valence-corrected chi connectivity index (χ0v) is 10.7. The first-order valence-corrected chi connectivity index (χ1v) is 6.57. The number of ketones is 1. The Hall–Kier alpha value is -1.38. The van der Waals surface area contributed by atoms with Gasteiger partial charge in [0.25, 0.3) is 0 Å². The maximum absolute atomic E-state index is 13.0. The molecule has 2 rings (SSSR count). The van der Waals surface area contributed by atoms with Gasteiger partial charge in [0.2, 0.25) is 0 Å². The highest BCUT2D eigenvalue weighted by Gasteiger charge is 2.18. The van der Waals surface area contributed by atoms with Crippen molar-refractivity contribution in [1.29, 1.82) is 0 Å². The van der Waals surface area contributed by atoms with E-state index in [-0.39, 0.29) is 11.6 Å². The van der Waals surface area contributed by atoms with Crippen LogP contribution < -0.4 is 4.74 Å². The molecule has 0 bridgehead atoms. The molecule has 0 heterocycles. The predicted octanol–water partition coefficient (Wildman–Crippen LogP) is 3.99. The summed E-state index contributed by atoms with van der Waals surface area (Å²) in [6.07, 6.45) is 6.55. The molecular weight excluding hydrogens is 231 g/mol. The van der Waals surface area contributed by atoms with Gasteiger partial charge in [-0.25, -0.2) is 4.39 Å². The Labute approximate surface area is 107 Å². The maximum atomic E-state index is 13.0. The van der Waals surface area contributed by atoms with Gasteiger partial charge in [-0.2, -0.15) is 0 Å². The molecule has 18 heavy (non-hydrogen) atoms. The van der Waals surface area contributed by atoms with Crippen molar-refractivity contribution in [1.82, 2.24) is 0 Å². The predicted molar refractivity (Wildman–Crippen MR) is 68.5 cm³/mol. The van der Waals surface area contributed by atoms with Crippen LogP contribution in [0.25, 0.3) is 0 Å². The number of hydrogen-bond donors (Lipinski definition) is 0. The van der Waals surface area contributed by atoms with Crippen molar-refractivity contribution in [3.05, 3.63) is 29.6 Å². The average Bonchev–Trinajstić information content (AvgIpc) is 2.88. The number of ether oxygens (including phenoxy) is 1. The molecule has 0 saturated heterocycles. The number of halogens is 1. The van der Waals surface area contributed by atoms with Crippen LogP contribution in [0.1, 0.15) is 48.9 Å². The Morgan fingerprint density at radius 3 is 2.78 bits per heavy atom. The summed E-state index contributed by atoms with van der Waals surface area (Å²) in [5.41, 5.74) is 0.497.